The number of nitrogens with one attached hydrogen (secondary N) is 2. The van der Waals surface area contributed by atoms with Gasteiger partial charge < -0.3 is 15.4 Å². The zero-order valence-corrected chi connectivity index (χ0v) is 21.6. The lowest BCUT2D eigenvalue weighted by atomic mass is 9.94. The standard InChI is InChI=1S/C27H33N5O2S/c1-5-7-15-34-21-13-10-12-20(17-21)24-23(25(33)29-22-14-9-8-11-18(22)3)19(4)28-26-30-27(31-32(24)26)35-16-6-2/h8-14,17,24H,5-7,15-16H2,1-4H3,(H,29,33)(H,28,30,31). The number of para-hydroxylation sites is 1. The molecule has 0 saturated heterocycles. The van der Waals surface area contributed by atoms with Crippen LogP contribution in [0.5, 0.6) is 5.75 Å². The van der Waals surface area contributed by atoms with Crippen LogP contribution in [0.1, 0.15) is 57.2 Å². The van der Waals surface area contributed by atoms with E-state index in [9.17, 15) is 4.79 Å². The molecule has 3 aromatic rings. The smallest absolute Gasteiger partial charge is 0.255 e. The zero-order valence-electron chi connectivity index (χ0n) is 20.8. The SMILES string of the molecule is CCCCOc1cccc(C2C(C(=O)Nc3ccccc3C)=C(C)Nc3nc(SCCC)nn32)c1. The van der Waals surface area contributed by atoms with Crippen molar-refractivity contribution in [3.63, 3.8) is 0 Å². The second-order valence-electron chi connectivity index (χ2n) is 8.62. The molecule has 0 bridgehead atoms. The minimum atomic E-state index is -0.437. The molecule has 2 heterocycles. The third-order valence-electron chi connectivity index (χ3n) is 5.85. The van der Waals surface area contributed by atoms with Crippen LogP contribution in [-0.4, -0.2) is 33.0 Å². The molecule has 2 N–H and O–H groups in total. The fourth-order valence-corrected chi connectivity index (χ4v) is 4.68. The number of thioether (sulfide) groups is 1. The summed E-state index contributed by atoms with van der Waals surface area (Å²) >= 11 is 1.62. The molecule has 0 saturated carbocycles. The summed E-state index contributed by atoms with van der Waals surface area (Å²) < 4.78 is 7.80. The zero-order chi connectivity index (χ0) is 24.8. The van der Waals surface area contributed by atoms with Gasteiger partial charge in [-0.25, -0.2) is 4.68 Å². The Balaban J connectivity index is 1.74. The van der Waals surface area contributed by atoms with E-state index in [1.54, 1.807) is 11.8 Å². The van der Waals surface area contributed by atoms with Crippen molar-refractivity contribution in [1.82, 2.24) is 14.8 Å². The normalized spacial score (nSPS) is 14.9. The lowest BCUT2D eigenvalue weighted by Gasteiger charge is -2.29. The van der Waals surface area contributed by atoms with Crippen molar-refractivity contribution in [2.24, 2.45) is 0 Å². The molecule has 1 aliphatic heterocycles. The maximum absolute atomic E-state index is 13.7. The average Bonchev–Trinajstić information content (AvgIpc) is 3.25. The molecular weight excluding hydrogens is 458 g/mol. The van der Waals surface area contributed by atoms with Gasteiger partial charge in [-0.15, -0.1) is 5.10 Å². The Bertz CT molecular complexity index is 1220. The lowest BCUT2D eigenvalue weighted by molar-refractivity contribution is -0.113. The maximum atomic E-state index is 13.7. The molecular formula is C27H33N5O2S. The first kappa shape index (κ1) is 24.9. The quantitative estimate of drug-likeness (QED) is 0.260. The predicted molar refractivity (Wildman–Crippen MR) is 142 cm³/mol. The molecule has 0 spiro atoms. The summed E-state index contributed by atoms with van der Waals surface area (Å²) in [5.41, 5.74) is 4.07. The number of ether oxygens (including phenoxy) is 1. The van der Waals surface area contributed by atoms with Gasteiger partial charge in [-0.3, -0.25) is 4.79 Å². The number of carbonyl (C=O) groups is 1. The van der Waals surface area contributed by atoms with Crippen LogP contribution in [0, 0.1) is 6.92 Å². The van der Waals surface area contributed by atoms with Gasteiger partial charge in [-0.1, -0.05) is 62.4 Å². The summed E-state index contributed by atoms with van der Waals surface area (Å²) in [5.74, 6) is 2.18. The Morgan fingerprint density at radius 1 is 1.14 bits per heavy atom. The summed E-state index contributed by atoms with van der Waals surface area (Å²) in [7, 11) is 0. The minimum absolute atomic E-state index is 0.171. The van der Waals surface area contributed by atoms with Crippen LogP contribution in [0.3, 0.4) is 0 Å². The summed E-state index contributed by atoms with van der Waals surface area (Å²) in [5, 5.41) is 11.9. The van der Waals surface area contributed by atoms with Crippen LogP contribution in [0.4, 0.5) is 11.6 Å². The number of unbranched alkanes of at least 4 members (excludes halogenated alkanes) is 1. The van der Waals surface area contributed by atoms with E-state index in [0.29, 0.717) is 23.3 Å². The number of carbonyl (C=O) groups excluding carboxylic acids is 1. The molecule has 2 aromatic carbocycles. The third kappa shape index (κ3) is 5.70. The van der Waals surface area contributed by atoms with E-state index in [0.717, 1.165) is 53.3 Å². The average molecular weight is 492 g/mol. The number of anilines is 2. The molecule has 8 heteroatoms. The molecule has 4 rings (SSSR count). The topological polar surface area (TPSA) is 81.1 Å². The highest BCUT2D eigenvalue weighted by Crippen LogP contribution is 2.38. The molecule has 1 aliphatic rings. The van der Waals surface area contributed by atoms with Gasteiger partial charge in [0.2, 0.25) is 11.1 Å². The highest BCUT2D eigenvalue weighted by Gasteiger charge is 2.34. The summed E-state index contributed by atoms with van der Waals surface area (Å²) in [6.45, 7) is 8.83. The number of hydrogen-bond donors (Lipinski definition) is 2. The molecule has 1 unspecified atom stereocenters. The number of nitrogens with zero attached hydrogens (tertiary/aromatic N) is 3. The van der Waals surface area contributed by atoms with Gasteiger partial charge >= 0.3 is 0 Å². The van der Waals surface area contributed by atoms with E-state index in [1.165, 1.54) is 0 Å². The Kier molecular flexibility index (Phi) is 8.13. The monoisotopic (exact) mass is 491 g/mol. The first-order valence-electron chi connectivity index (χ1n) is 12.2. The summed E-state index contributed by atoms with van der Waals surface area (Å²) in [6, 6.07) is 15.3. The second-order valence-corrected chi connectivity index (χ2v) is 9.68. The predicted octanol–water partition coefficient (Wildman–Crippen LogP) is 6.20. The van der Waals surface area contributed by atoms with E-state index >= 15 is 0 Å². The van der Waals surface area contributed by atoms with Crippen molar-refractivity contribution < 1.29 is 9.53 Å². The van der Waals surface area contributed by atoms with E-state index in [4.69, 9.17) is 14.8 Å². The molecule has 0 radical (unpaired) electrons. The Morgan fingerprint density at radius 3 is 2.74 bits per heavy atom. The molecule has 1 atom stereocenters. The highest BCUT2D eigenvalue weighted by atomic mass is 32.2. The Labute approximate surface area is 211 Å². The van der Waals surface area contributed by atoms with Crippen molar-refractivity contribution in [2.75, 3.05) is 23.0 Å². The number of aryl methyl sites for hydroxylation is 1. The summed E-state index contributed by atoms with van der Waals surface area (Å²) in [4.78, 5) is 18.4. The fourth-order valence-electron chi connectivity index (χ4n) is 4.00. The highest BCUT2D eigenvalue weighted by molar-refractivity contribution is 7.99. The van der Waals surface area contributed by atoms with Gasteiger partial charge in [0.25, 0.3) is 5.91 Å². The van der Waals surface area contributed by atoms with Crippen molar-refractivity contribution in [3.05, 3.63) is 70.9 Å². The number of allylic oxidation sites excluding steroid dienone is 1. The fraction of sp³-hybridized carbons (Fsp3) is 0.370. The van der Waals surface area contributed by atoms with Crippen LogP contribution >= 0.6 is 11.8 Å². The van der Waals surface area contributed by atoms with Gasteiger partial charge in [0.05, 0.1) is 12.2 Å². The van der Waals surface area contributed by atoms with Crippen molar-refractivity contribution in [1.29, 1.82) is 0 Å². The number of benzene rings is 2. The van der Waals surface area contributed by atoms with Crippen molar-refractivity contribution in [3.8, 4) is 5.75 Å². The van der Waals surface area contributed by atoms with Crippen LogP contribution in [-0.2, 0) is 4.79 Å². The van der Waals surface area contributed by atoms with Crippen LogP contribution in [0.15, 0.2) is 65.0 Å². The number of aromatic nitrogens is 3. The number of amides is 1. The molecule has 7 nitrogen and oxygen atoms in total. The molecule has 1 amide bonds. The first-order chi connectivity index (χ1) is 17.0. The number of fused-ring (bicyclic) bond motifs is 1. The van der Waals surface area contributed by atoms with Gasteiger partial charge in [0.15, 0.2) is 0 Å². The third-order valence-corrected chi connectivity index (χ3v) is 6.89. The van der Waals surface area contributed by atoms with Gasteiger partial charge in [-0.2, -0.15) is 4.98 Å². The largest absolute Gasteiger partial charge is 0.494 e. The van der Waals surface area contributed by atoms with E-state index in [2.05, 4.69) is 24.5 Å². The van der Waals surface area contributed by atoms with E-state index in [-0.39, 0.29) is 5.91 Å². The molecule has 184 valence electrons. The van der Waals surface area contributed by atoms with Crippen LogP contribution < -0.4 is 15.4 Å². The minimum Gasteiger partial charge on any atom is -0.494 e. The van der Waals surface area contributed by atoms with Gasteiger partial charge in [-0.05, 0) is 56.0 Å². The molecule has 1 aromatic heterocycles. The lowest BCUT2D eigenvalue weighted by Crippen LogP contribution is -2.31. The first-order valence-corrected chi connectivity index (χ1v) is 13.2. The van der Waals surface area contributed by atoms with E-state index in [1.807, 2.05) is 67.1 Å². The van der Waals surface area contributed by atoms with Crippen LogP contribution in [0.2, 0.25) is 0 Å². The maximum Gasteiger partial charge on any atom is 0.255 e. The number of rotatable bonds is 10. The summed E-state index contributed by atoms with van der Waals surface area (Å²) in [6.07, 6.45) is 3.09. The van der Waals surface area contributed by atoms with E-state index < -0.39 is 6.04 Å². The van der Waals surface area contributed by atoms with Gasteiger partial charge in [0.1, 0.15) is 11.8 Å². The molecule has 0 aliphatic carbocycles. The number of hydrogen-bond acceptors (Lipinski definition) is 6. The van der Waals surface area contributed by atoms with Crippen molar-refractivity contribution >= 4 is 29.3 Å². The Hall–Kier alpha value is -3.26. The van der Waals surface area contributed by atoms with Gasteiger partial charge in [0, 0.05) is 17.1 Å². The van der Waals surface area contributed by atoms with Crippen molar-refractivity contribution in [2.45, 2.75) is 58.2 Å². The molecule has 35 heavy (non-hydrogen) atoms. The van der Waals surface area contributed by atoms with Crippen LogP contribution in [0.25, 0.3) is 0 Å². The Morgan fingerprint density at radius 2 is 1.97 bits per heavy atom. The second kappa shape index (κ2) is 11.4. The molecule has 0 fully saturated rings.